The Morgan fingerprint density at radius 1 is 1.23 bits per heavy atom. The third-order valence-corrected chi connectivity index (χ3v) is 8.03. The Kier molecular flexibility index (Phi) is 6.00. The smallest absolute Gasteiger partial charge is 0.265 e. The number of hydrogen-bond acceptors (Lipinski definition) is 6. The highest BCUT2D eigenvalue weighted by Gasteiger charge is 2.32. The molecule has 10 heteroatoms. The van der Waals surface area contributed by atoms with E-state index in [9.17, 15) is 13.2 Å². The van der Waals surface area contributed by atoms with Gasteiger partial charge in [0.1, 0.15) is 9.90 Å². The Bertz CT molecular complexity index is 1240. The maximum absolute atomic E-state index is 13.3. The number of sulfonamides is 1. The van der Waals surface area contributed by atoms with Crippen LogP contribution in [-0.2, 0) is 22.9 Å². The Labute approximate surface area is 190 Å². The molecule has 0 fully saturated rings. The summed E-state index contributed by atoms with van der Waals surface area (Å²) in [5.74, 6) is -0.0431. The summed E-state index contributed by atoms with van der Waals surface area (Å²) >= 11 is 7.55. The molecule has 162 valence electrons. The van der Waals surface area contributed by atoms with Gasteiger partial charge in [-0.3, -0.25) is 14.4 Å². The molecule has 0 saturated heterocycles. The second kappa shape index (κ2) is 8.57. The molecule has 3 aromatic rings. The SMILES string of the molecule is CC(C)Cc1nnc(NC(=O)c2ccc(Cl)c(S(=O)(=O)N3CCc4ccccc43)c2)s1. The first kappa shape index (κ1) is 21.7. The van der Waals surface area contributed by atoms with E-state index in [1.165, 1.54) is 33.8 Å². The number of benzene rings is 2. The fraction of sp³-hybridized carbons (Fsp3) is 0.286. The molecule has 0 saturated carbocycles. The molecule has 1 N–H and O–H groups in total. The third kappa shape index (κ3) is 4.44. The average molecular weight is 477 g/mol. The molecule has 1 aliphatic rings. The number of rotatable bonds is 6. The van der Waals surface area contributed by atoms with E-state index in [1.807, 2.05) is 12.1 Å². The van der Waals surface area contributed by atoms with Gasteiger partial charge in [-0.1, -0.05) is 55.0 Å². The molecule has 0 atom stereocenters. The van der Waals surface area contributed by atoms with Crippen molar-refractivity contribution < 1.29 is 13.2 Å². The second-order valence-corrected chi connectivity index (χ2v) is 11.0. The predicted octanol–water partition coefficient (Wildman–Crippen LogP) is 4.39. The van der Waals surface area contributed by atoms with Crippen molar-refractivity contribution in [2.45, 2.75) is 31.6 Å². The van der Waals surface area contributed by atoms with Crippen LogP contribution in [0.25, 0.3) is 0 Å². The van der Waals surface area contributed by atoms with E-state index in [1.54, 1.807) is 12.1 Å². The third-order valence-electron chi connectivity index (χ3n) is 4.88. The van der Waals surface area contributed by atoms with E-state index in [0.29, 0.717) is 29.7 Å². The molecule has 2 aromatic carbocycles. The zero-order valence-electron chi connectivity index (χ0n) is 17.0. The first-order valence-electron chi connectivity index (χ1n) is 9.79. The quantitative estimate of drug-likeness (QED) is 0.569. The highest BCUT2D eigenvalue weighted by atomic mass is 35.5. The molecule has 0 spiro atoms. The van der Waals surface area contributed by atoms with Gasteiger partial charge in [-0.05, 0) is 42.2 Å². The Balaban J connectivity index is 1.60. The summed E-state index contributed by atoms with van der Waals surface area (Å²) in [7, 11) is -3.93. The largest absolute Gasteiger partial charge is 0.296 e. The molecule has 31 heavy (non-hydrogen) atoms. The number of fused-ring (bicyclic) bond motifs is 1. The summed E-state index contributed by atoms with van der Waals surface area (Å²) < 4.78 is 28.0. The second-order valence-electron chi connectivity index (χ2n) is 7.65. The highest BCUT2D eigenvalue weighted by Crippen LogP contribution is 2.35. The van der Waals surface area contributed by atoms with Gasteiger partial charge in [0.2, 0.25) is 5.13 Å². The minimum absolute atomic E-state index is 0.0658. The lowest BCUT2D eigenvalue weighted by Crippen LogP contribution is -2.29. The van der Waals surface area contributed by atoms with Gasteiger partial charge in [0, 0.05) is 18.5 Å². The van der Waals surface area contributed by atoms with Crippen LogP contribution in [0.15, 0.2) is 47.4 Å². The fourth-order valence-corrected chi connectivity index (χ4v) is 6.38. The number of carbonyl (C=O) groups excluding carboxylic acids is 1. The van der Waals surface area contributed by atoms with E-state index in [2.05, 4.69) is 29.4 Å². The van der Waals surface area contributed by atoms with Crippen LogP contribution >= 0.6 is 22.9 Å². The van der Waals surface area contributed by atoms with Crippen molar-refractivity contribution in [3.8, 4) is 0 Å². The van der Waals surface area contributed by atoms with Crippen molar-refractivity contribution >= 4 is 49.7 Å². The molecular formula is C21H21ClN4O3S2. The van der Waals surface area contributed by atoms with E-state index >= 15 is 0 Å². The minimum atomic E-state index is -3.93. The molecule has 7 nitrogen and oxygen atoms in total. The van der Waals surface area contributed by atoms with Crippen LogP contribution in [0.2, 0.25) is 5.02 Å². The average Bonchev–Trinajstić information content (AvgIpc) is 3.34. The van der Waals surface area contributed by atoms with E-state index in [0.717, 1.165) is 17.0 Å². The summed E-state index contributed by atoms with van der Waals surface area (Å²) in [4.78, 5) is 12.6. The predicted molar refractivity (Wildman–Crippen MR) is 123 cm³/mol. The lowest BCUT2D eigenvalue weighted by atomic mass is 10.1. The first-order valence-corrected chi connectivity index (χ1v) is 12.4. The number of para-hydroxylation sites is 1. The van der Waals surface area contributed by atoms with Gasteiger partial charge in [0.25, 0.3) is 15.9 Å². The van der Waals surface area contributed by atoms with Crippen LogP contribution in [0.3, 0.4) is 0 Å². The number of anilines is 2. The van der Waals surface area contributed by atoms with Gasteiger partial charge in [-0.25, -0.2) is 8.42 Å². The number of halogens is 1. The van der Waals surface area contributed by atoms with Gasteiger partial charge >= 0.3 is 0 Å². The minimum Gasteiger partial charge on any atom is -0.296 e. The standard InChI is InChI=1S/C21H21ClN4O3S2/c1-13(2)11-19-24-25-21(30-19)23-20(27)15-7-8-16(22)18(12-15)31(28,29)26-10-9-14-5-3-4-6-17(14)26/h3-8,12-13H,9-11H2,1-2H3,(H,23,25,27). The molecule has 1 amide bonds. The van der Waals surface area contributed by atoms with Gasteiger partial charge in [-0.2, -0.15) is 0 Å². The zero-order valence-corrected chi connectivity index (χ0v) is 19.4. The molecular weight excluding hydrogens is 456 g/mol. The lowest BCUT2D eigenvalue weighted by Gasteiger charge is -2.20. The maximum atomic E-state index is 13.3. The number of hydrogen-bond donors (Lipinski definition) is 1. The molecule has 0 bridgehead atoms. The Morgan fingerprint density at radius 3 is 2.77 bits per heavy atom. The molecule has 2 heterocycles. The number of amides is 1. The topological polar surface area (TPSA) is 92.3 Å². The van der Waals surface area contributed by atoms with Crippen molar-refractivity contribution in [1.82, 2.24) is 10.2 Å². The van der Waals surface area contributed by atoms with Gasteiger partial charge in [0.05, 0.1) is 10.7 Å². The van der Waals surface area contributed by atoms with Crippen LogP contribution in [0.5, 0.6) is 0 Å². The molecule has 1 aromatic heterocycles. The molecule has 0 unspecified atom stereocenters. The summed E-state index contributed by atoms with van der Waals surface area (Å²) in [5.41, 5.74) is 1.78. The van der Waals surface area contributed by atoms with Crippen LogP contribution in [-0.4, -0.2) is 31.1 Å². The van der Waals surface area contributed by atoms with Gasteiger partial charge < -0.3 is 0 Å². The molecule has 1 aliphatic heterocycles. The highest BCUT2D eigenvalue weighted by molar-refractivity contribution is 7.93. The number of carbonyl (C=O) groups is 1. The summed E-state index contributed by atoms with van der Waals surface area (Å²) in [5, 5.41) is 12.0. The summed E-state index contributed by atoms with van der Waals surface area (Å²) in [6.45, 7) is 4.49. The first-order chi connectivity index (χ1) is 14.8. The summed E-state index contributed by atoms with van der Waals surface area (Å²) in [6, 6.07) is 11.6. The van der Waals surface area contributed by atoms with Crippen molar-refractivity contribution in [2.24, 2.45) is 5.92 Å². The van der Waals surface area contributed by atoms with Crippen LogP contribution in [0.1, 0.15) is 34.8 Å². The monoisotopic (exact) mass is 476 g/mol. The summed E-state index contributed by atoms with van der Waals surface area (Å²) in [6.07, 6.45) is 1.40. The van der Waals surface area contributed by atoms with Crippen molar-refractivity contribution in [3.05, 3.63) is 63.6 Å². The van der Waals surface area contributed by atoms with Crippen molar-refractivity contribution in [3.63, 3.8) is 0 Å². The molecule has 0 aliphatic carbocycles. The number of aromatic nitrogens is 2. The van der Waals surface area contributed by atoms with Crippen LogP contribution in [0.4, 0.5) is 10.8 Å². The normalized spacial score (nSPS) is 13.5. The number of nitrogens with zero attached hydrogens (tertiary/aromatic N) is 3. The van der Waals surface area contributed by atoms with E-state index < -0.39 is 15.9 Å². The van der Waals surface area contributed by atoms with Gasteiger partial charge in [-0.15, -0.1) is 10.2 Å². The Hall–Kier alpha value is -2.49. The zero-order chi connectivity index (χ0) is 22.2. The van der Waals surface area contributed by atoms with Crippen molar-refractivity contribution in [2.75, 3.05) is 16.2 Å². The molecule has 4 rings (SSSR count). The van der Waals surface area contributed by atoms with E-state index in [-0.39, 0.29) is 15.5 Å². The lowest BCUT2D eigenvalue weighted by molar-refractivity contribution is 0.102. The Morgan fingerprint density at radius 2 is 2.00 bits per heavy atom. The van der Waals surface area contributed by atoms with E-state index in [4.69, 9.17) is 11.6 Å². The number of nitrogens with one attached hydrogen (secondary N) is 1. The van der Waals surface area contributed by atoms with Crippen molar-refractivity contribution in [1.29, 1.82) is 0 Å². The molecule has 0 radical (unpaired) electrons. The van der Waals surface area contributed by atoms with Crippen LogP contribution in [0, 0.1) is 5.92 Å². The fourth-order valence-electron chi connectivity index (χ4n) is 3.42. The van der Waals surface area contributed by atoms with Crippen LogP contribution < -0.4 is 9.62 Å². The van der Waals surface area contributed by atoms with Gasteiger partial charge in [0.15, 0.2) is 0 Å². The maximum Gasteiger partial charge on any atom is 0.265 e.